The summed E-state index contributed by atoms with van der Waals surface area (Å²) in [5.41, 5.74) is 0.577. The topological polar surface area (TPSA) is 40.6 Å². The van der Waals surface area contributed by atoms with E-state index >= 15 is 0 Å². The monoisotopic (exact) mass is 370 g/mol. The third kappa shape index (κ3) is 2.64. The van der Waals surface area contributed by atoms with Crippen LogP contribution in [0.25, 0.3) is 10.1 Å². The summed E-state index contributed by atoms with van der Waals surface area (Å²) in [6.45, 7) is 7.68. The molecule has 2 aromatic rings. The van der Waals surface area contributed by atoms with Gasteiger partial charge in [0.05, 0.1) is 4.88 Å². The summed E-state index contributed by atoms with van der Waals surface area (Å²) < 4.78 is 1.13. The van der Waals surface area contributed by atoms with E-state index in [0.29, 0.717) is 6.54 Å². The lowest BCUT2D eigenvalue weighted by molar-refractivity contribution is -0.147. The van der Waals surface area contributed by atoms with Crippen LogP contribution in [0.15, 0.2) is 24.3 Å². The van der Waals surface area contributed by atoms with E-state index in [1.165, 1.54) is 5.56 Å². The number of piperidine rings is 1. The molecule has 1 aromatic heterocycles. The molecule has 1 aromatic carbocycles. The molecule has 26 heavy (non-hydrogen) atoms. The summed E-state index contributed by atoms with van der Waals surface area (Å²) in [6.07, 6.45) is 3.47. The number of nitrogens with zero attached hydrogens (tertiary/aromatic N) is 2. The molecule has 0 bridgehead atoms. The van der Waals surface area contributed by atoms with Gasteiger partial charge in [0, 0.05) is 23.8 Å². The Morgan fingerprint density at radius 1 is 1.15 bits per heavy atom. The number of amides is 2. The van der Waals surface area contributed by atoms with Crippen molar-refractivity contribution in [2.75, 3.05) is 13.1 Å². The minimum Gasteiger partial charge on any atom is -0.338 e. The van der Waals surface area contributed by atoms with Crippen molar-refractivity contribution in [3.8, 4) is 0 Å². The van der Waals surface area contributed by atoms with E-state index in [0.717, 1.165) is 47.2 Å². The van der Waals surface area contributed by atoms with Crippen LogP contribution in [-0.4, -0.2) is 46.3 Å². The smallest absolute Gasteiger partial charge is 0.264 e. The number of thiophene rings is 1. The maximum atomic E-state index is 13.4. The summed E-state index contributed by atoms with van der Waals surface area (Å²) in [4.78, 5) is 31.3. The Labute approximate surface area is 158 Å². The highest BCUT2D eigenvalue weighted by atomic mass is 32.1. The molecule has 4 rings (SSSR count). The normalized spacial score (nSPS) is 23.6. The molecule has 0 N–H and O–H groups in total. The fourth-order valence-corrected chi connectivity index (χ4v) is 5.56. The average molecular weight is 371 g/mol. The van der Waals surface area contributed by atoms with Crippen LogP contribution in [0.3, 0.4) is 0 Å². The van der Waals surface area contributed by atoms with Gasteiger partial charge >= 0.3 is 0 Å². The molecule has 2 aliphatic heterocycles. The first-order valence-electron chi connectivity index (χ1n) is 9.56. The zero-order chi connectivity index (χ0) is 18.5. The second-order valence-electron chi connectivity index (χ2n) is 7.94. The van der Waals surface area contributed by atoms with Crippen molar-refractivity contribution in [3.63, 3.8) is 0 Å². The van der Waals surface area contributed by atoms with Crippen LogP contribution < -0.4 is 0 Å². The third-order valence-corrected chi connectivity index (χ3v) is 6.99. The lowest BCUT2D eigenvalue weighted by Gasteiger charge is -2.45. The number of carbonyl (C=O) groups excluding carboxylic acids is 2. The van der Waals surface area contributed by atoms with Crippen LogP contribution >= 0.6 is 11.3 Å². The highest BCUT2D eigenvalue weighted by Crippen LogP contribution is 2.40. The van der Waals surface area contributed by atoms with E-state index in [1.807, 2.05) is 15.9 Å². The fourth-order valence-electron chi connectivity index (χ4n) is 4.57. The van der Waals surface area contributed by atoms with E-state index in [2.05, 4.69) is 39.0 Å². The largest absolute Gasteiger partial charge is 0.338 e. The van der Waals surface area contributed by atoms with Gasteiger partial charge in [-0.05, 0) is 64.0 Å². The molecule has 2 amide bonds. The van der Waals surface area contributed by atoms with Gasteiger partial charge in [0.2, 0.25) is 5.91 Å². The quantitative estimate of drug-likeness (QED) is 0.794. The fraction of sp³-hybridized carbons (Fsp3) is 0.524. The summed E-state index contributed by atoms with van der Waals surface area (Å²) in [5.74, 6) is 0.182. The van der Waals surface area contributed by atoms with Crippen molar-refractivity contribution in [2.24, 2.45) is 0 Å². The van der Waals surface area contributed by atoms with Gasteiger partial charge in [-0.1, -0.05) is 17.7 Å². The van der Waals surface area contributed by atoms with Gasteiger partial charge in [0.1, 0.15) is 5.54 Å². The molecule has 0 aliphatic carbocycles. The number of aryl methyl sites for hydroxylation is 1. The zero-order valence-electron chi connectivity index (χ0n) is 15.7. The molecule has 2 fully saturated rings. The van der Waals surface area contributed by atoms with Crippen molar-refractivity contribution in [1.29, 1.82) is 0 Å². The van der Waals surface area contributed by atoms with Crippen molar-refractivity contribution in [1.82, 2.24) is 9.80 Å². The van der Waals surface area contributed by atoms with Gasteiger partial charge in [0.25, 0.3) is 5.91 Å². The number of hydrogen-bond donors (Lipinski definition) is 0. The molecule has 3 heterocycles. The second-order valence-corrected chi connectivity index (χ2v) is 9.02. The second kappa shape index (κ2) is 6.38. The summed E-state index contributed by atoms with van der Waals surface area (Å²) in [5, 5.41) is 1.12. The highest BCUT2D eigenvalue weighted by Gasteiger charge is 2.53. The van der Waals surface area contributed by atoms with Crippen LogP contribution in [-0.2, 0) is 4.79 Å². The molecule has 2 saturated heterocycles. The Morgan fingerprint density at radius 3 is 2.62 bits per heavy atom. The first-order chi connectivity index (χ1) is 12.4. The Balaban J connectivity index is 1.68. The summed E-state index contributed by atoms with van der Waals surface area (Å²) in [7, 11) is 0. The number of rotatable bonds is 2. The highest BCUT2D eigenvalue weighted by molar-refractivity contribution is 7.20. The van der Waals surface area contributed by atoms with E-state index in [4.69, 9.17) is 0 Å². The lowest BCUT2D eigenvalue weighted by Crippen LogP contribution is -2.62. The molecule has 2 aliphatic rings. The molecule has 4 nitrogen and oxygen atoms in total. The maximum Gasteiger partial charge on any atom is 0.264 e. The molecule has 0 radical (unpaired) electrons. The van der Waals surface area contributed by atoms with Gasteiger partial charge in [-0.25, -0.2) is 0 Å². The van der Waals surface area contributed by atoms with Crippen molar-refractivity contribution >= 4 is 33.2 Å². The maximum absolute atomic E-state index is 13.4. The third-order valence-electron chi connectivity index (χ3n) is 5.89. The molecule has 1 unspecified atom stereocenters. The predicted molar refractivity (Wildman–Crippen MR) is 106 cm³/mol. The standard InChI is InChI=1S/C21H26N2O2S/c1-14(2)22-10-4-8-21(20(22)25)9-5-11-23(21)19(24)18-13-16-12-15(3)6-7-17(16)26-18/h6-7,12-14H,4-5,8-11H2,1-3H3. The van der Waals surface area contributed by atoms with Gasteiger partial charge in [-0.3, -0.25) is 9.59 Å². The molecule has 138 valence electrons. The van der Waals surface area contributed by atoms with Gasteiger partial charge < -0.3 is 9.80 Å². The first kappa shape index (κ1) is 17.5. The van der Waals surface area contributed by atoms with E-state index in [9.17, 15) is 9.59 Å². The number of fused-ring (bicyclic) bond motifs is 1. The van der Waals surface area contributed by atoms with Crippen LogP contribution in [0, 0.1) is 6.92 Å². The Bertz CT molecular complexity index is 872. The molecule has 1 atom stereocenters. The first-order valence-corrected chi connectivity index (χ1v) is 10.4. The minimum atomic E-state index is -0.619. The van der Waals surface area contributed by atoms with Crippen LogP contribution in [0.5, 0.6) is 0 Å². The van der Waals surface area contributed by atoms with Crippen molar-refractivity contribution in [2.45, 2.75) is 58.0 Å². The molecule has 1 spiro atoms. The Morgan fingerprint density at radius 2 is 1.88 bits per heavy atom. The molecular weight excluding hydrogens is 344 g/mol. The van der Waals surface area contributed by atoms with E-state index in [-0.39, 0.29) is 17.9 Å². The van der Waals surface area contributed by atoms with Gasteiger partial charge in [-0.2, -0.15) is 0 Å². The SMILES string of the molecule is Cc1ccc2sc(C(=O)N3CCCC34CCCN(C(C)C)C4=O)cc2c1. The van der Waals surface area contributed by atoms with E-state index in [1.54, 1.807) is 11.3 Å². The minimum absolute atomic E-state index is 0.0281. The van der Waals surface area contributed by atoms with Crippen LogP contribution in [0.1, 0.15) is 54.8 Å². The van der Waals surface area contributed by atoms with Gasteiger partial charge in [0.15, 0.2) is 0 Å². The van der Waals surface area contributed by atoms with Gasteiger partial charge in [-0.15, -0.1) is 11.3 Å². The lowest BCUT2D eigenvalue weighted by atomic mass is 9.84. The average Bonchev–Trinajstić information content (AvgIpc) is 3.21. The number of likely N-dealkylation sites (tertiary alicyclic amines) is 2. The zero-order valence-corrected chi connectivity index (χ0v) is 16.6. The number of benzene rings is 1. The van der Waals surface area contributed by atoms with Crippen LogP contribution in [0.4, 0.5) is 0 Å². The molecule has 0 saturated carbocycles. The summed E-state index contributed by atoms with van der Waals surface area (Å²) in [6, 6.07) is 8.46. The van der Waals surface area contributed by atoms with Crippen LogP contribution in [0.2, 0.25) is 0 Å². The number of hydrogen-bond acceptors (Lipinski definition) is 3. The molecule has 5 heteroatoms. The van der Waals surface area contributed by atoms with Crippen molar-refractivity contribution in [3.05, 3.63) is 34.7 Å². The number of carbonyl (C=O) groups is 2. The van der Waals surface area contributed by atoms with E-state index < -0.39 is 5.54 Å². The Kier molecular flexibility index (Phi) is 4.30. The van der Waals surface area contributed by atoms with Crippen molar-refractivity contribution < 1.29 is 9.59 Å². The summed E-state index contributed by atoms with van der Waals surface area (Å²) >= 11 is 1.54. The Hall–Kier alpha value is -1.88. The molecular formula is C21H26N2O2S. The predicted octanol–water partition coefficient (Wildman–Crippen LogP) is 4.22.